The maximum absolute atomic E-state index is 13.0. The number of rotatable bonds is 8. The molecular weight excluding hydrogens is 394 g/mol. The van der Waals surface area contributed by atoms with E-state index in [2.05, 4.69) is 35.5 Å². The zero-order valence-corrected chi connectivity index (χ0v) is 19.3. The van der Waals surface area contributed by atoms with Crippen molar-refractivity contribution < 1.29 is 9.53 Å². The third kappa shape index (κ3) is 4.93. The Kier molecular flexibility index (Phi) is 6.98. The monoisotopic (exact) mass is 423 g/mol. The molecule has 0 spiro atoms. The van der Waals surface area contributed by atoms with E-state index in [1.807, 2.05) is 56.3 Å². The van der Waals surface area contributed by atoms with Crippen molar-refractivity contribution in [3.8, 4) is 17.1 Å². The van der Waals surface area contributed by atoms with Crippen molar-refractivity contribution in [1.82, 2.24) is 14.8 Å². The van der Waals surface area contributed by atoms with Crippen LogP contribution in [0.4, 0.5) is 0 Å². The van der Waals surface area contributed by atoms with Gasteiger partial charge in [-0.2, -0.15) is 0 Å². The van der Waals surface area contributed by atoms with E-state index in [1.54, 1.807) is 7.11 Å². The summed E-state index contributed by atoms with van der Waals surface area (Å²) in [4.78, 5) is 13.0. The molecule has 158 valence electrons. The third-order valence-electron chi connectivity index (χ3n) is 5.06. The van der Waals surface area contributed by atoms with Crippen LogP contribution in [-0.2, 0) is 6.54 Å². The molecule has 0 aliphatic heterocycles. The molecule has 0 N–H and O–H groups in total. The molecule has 0 radical (unpaired) electrons. The van der Waals surface area contributed by atoms with Gasteiger partial charge >= 0.3 is 0 Å². The summed E-state index contributed by atoms with van der Waals surface area (Å²) in [5.74, 6) is 2.13. The van der Waals surface area contributed by atoms with E-state index >= 15 is 0 Å². The Morgan fingerprint density at radius 3 is 2.33 bits per heavy atom. The van der Waals surface area contributed by atoms with Crippen LogP contribution in [0.3, 0.4) is 0 Å². The van der Waals surface area contributed by atoms with Gasteiger partial charge in [-0.25, -0.2) is 0 Å². The summed E-state index contributed by atoms with van der Waals surface area (Å²) in [6.45, 7) is 11.1. The van der Waals surface area contributed by atoms with Crippen LogP contribution < -0.4 is 4.74 Å². The lowest BCUT2D eigenvalue weighted by atomic mass is 10.0. The van der Waals surface area contributed by atoms with Crippen LogP contribution in [0.15, 0.2) is 47.6 Å². The van der Waals surface area contributed by atoms with Gasteiger partial charge in [0.25, 0.3) is 0 Å². The van der Waals surface area contributed by atoms with Gasteiger partial charge in [0, 0.05) is 17.7 Å². The van der Waals surface area contributed by atoms with Crippen LogP contribution in [0, 0.1) is 19.8 Å². The average molecular weight is 424 g/mol. The molecule has 3 rings (SSSR count). The standard InChI is InChI=1S/C24H29N3O2S/c1-15(2)14-27-23(19-9-11-21(29-6)12-10-19)25-26-24(27)30-18(5)22(28)20-8-7-16(3)17(4)13-20/h7-13,15,18H,14H2,1-6H3/t18-/m0/s1. The second-order valence-corrected chi connectivity index (χ2v) is 9.27. The summed E-state index contributed by atoms with van der Waals surface area (Å²) in [5, 5.41) is 9.38. The highest BCUT2D eigenvalue weighted by Gasteiger charge is 2.22. The Labute approximate surface area is 182 Å². The molecule has 0 unspecified atom stereocenters. The SMILES string of the molecule is COc1ccc(-c2nnc(S[C@@H](C)C(=O)c3ccc(C)c(C)c3)n2CC(C)C)cc1. The maximum atomic E-state index is 13.0. The normalized spacial score (nSPS) is 12.2. The molecule has 0 fully saturated rings. The highest BCUT2D eigenvalue weighted by atomic mass is 32.2. The number of aryl methyl sites for hydroxylation is 2. The molecule has 1 heterocycles. The first-order valence-corrected chi connectivity index (χ1v) is 11.0. The summed E-state index contributed by atoms with van der Waals surface area (Å²) in [6.07, 6.45) is 0. The van der Waals surface area contributed by atoms with Crippen molar-refractivity contribution in [2.75, 3.05) is 7.11 Å². The minimum absolute atomic E-state index is 0.105. The second kappa shape index (κ2) is 9.47. The molecule has 0 bridgehead atoms. The molecule has 0 saturated carbocycles. The van der Waals surface area contributed by atoms with E-state index < -0.39 is 0 Å². The van der Waals surface area contributed by atoms with Crippen molar-refractivity contribution in [2.24, 2.45) is 5.92 Å². The van der Waals surface area contributed by atoms with Crippen LogP contribution in [0.2, 0.25) is 0 Å². The van der Waals surface area contributed by atoms with Gasteiger partial charge in [-0.15, -0.1) is 10.2 Å². The number of methoxy groups -OCH3 is 1. The molecule has 6 heteroatoms. The number of thioether (sulfide) groups is 1. The summed E-state index contributed by atoms with van der Waals surface area (Å²) < 4.78 is 7.37. The Morgan fingerprint density at radius 2 is 1.73 bits per heavy atom. The number of ether oxygens (including phenoxy) is 1. The molecular formula is C24H29N3O2S. The van der Waals surface area contributed by atoms with Gasteiger partial charge in [-0.05, 0) is 68.1 Å². The van der Waals surface area contributed by atoms with E-state index in [1.165, 1.54) is 17.3 Å². The highest BCUT2D eigenvalue weighted by Crippen LogP contribution is 2.30. The largest absolute Gasteiger partial charge is 0.497 e. The van der Waals surface area contributed by atoms with E-state index in [9.17, 15) is 4.79 Å². The number of ketones is 1. The fraction of sp³-hybridized carbons (Fsp3) is 0.375. The molecule has 3 aromatic rings. The van der Waals surface area contributed by atoms with Crippen molar-refractivity contribution >= 4 is 17.5 Å². The number of nitrogens with zero attached hydrogens (tertiary/aromatic N) is 3. The lowest BCUT2D eigenvalue weighted by Crippen LogP contribution is -2.16. The first kappa shape index (κ1) is 22.1. The van der Waals surface area contributed by atoms with Crippen LogP contribution >= 0.6 is 11.8 Å². The summed E-state index contributed by atoms with van der Waals surface area (Å²) >= 11 is 1.46. The topological polar surface area (TPSA) is 57.0 Å². The Bertz CT molecular complexity index is 1030. The van der Waals surface area contributed by atoms with Gasteiger partial charge in [0.1, 0.15) is 5.75 Å². The fourth-order valence-corrected chi connectivity index (χ4v) is 4.14. The van der Waals surface area contributed by atoms with E-state index in [-0.39, 0.29) is 11.0 Å². The summed E-state index contributed by atoms with van der Waals surface area (Å²) in [6, 6.07) is 13.7. The predicted molar refractivity (Wildman–Crippen MR) is 122 cm³/mol. The molecule has 0 saturated heterocycles. The van der Waals surface area contributed by atoms with E-state index in [0.29, 0.717) is 5.92 Å². The van der Waals surface area contributed by atoms with E-state index in [4.69, 9.17) is 4.74 Å². The quantitative estimate of drug-likeness (QED) is 0.349. The van der Waals surface area contributed by atoms with E-state index in [0.717, 1.165) is 40.0 Å². The minimum Gasteiger partial charge on any atom is -0.497 e. The van der Waals surface area contributed by atoms with Crippen molar-refractivity contribution in [2.45, 2.75) is 51.6 Å². The van der Waals surface area contributed by atoms with Crippen LogP contribution in [0.25, 0.3) is 11.4 Å². The number of hydrogen-bond donors (Lipinski definition) is 0. The van der Waals surface area contributed by atoms with Crippen LogP contribution in [0.5, 0.6) is 5.75 Å². The third-order valence-corrected chi connectivity index (χ3v) is 6.14. The first-order chi connectivity index (χ1) is 14.3. The fourth-order valence-electron chi connectivity index (χ4n) is 3.20. The van der Waals surface area contributed by atoms with Gasteiger partial charge in [-0.1, -0.05) is 37.7 Å². The number of benzene rings is 2. The Morgan fingerprint density at radius 1 is 1.03 bits per heavy atom. The van der Waals surface area contributed by atoms with Gasteiger partial charge in [-0.3, -0.25) is 4.79 Å². The van der Waals surface area contributed by atoms with Gasteiger partial charge < -0.3 is 9.30 Å². The Hall–Kier alpha value is -2.60. The molecule has 5 nitrogen and oxygen atoms in total. The molecule has 1 aromatic heterocycles. The highest BCUT2D eigenvalue weighted by molar-refractivity contribution is 8.00. The lowest BCUT2D eigenvalue weighted by molar-refractivity contribution is 0.0993. The van der Waals surface area contributed by atoms with Crippen molar-refractivity contribution in [3.63, 3.8) is 0 Å². The summed E-state index contributed by atoms with van der Waals surface area (Å²) in [7, 11) is 1.65. The first-order valence-electron chi connectivity index (χ1n) is 10.2. The van der Waals surface area contributed by atoms with Gasteiger partial charge in [0.15, 0.2) is 16.8 Å². The zero-order chi connectivity index (χ0) is 21.8. The lowest BCUT2D eigenvalue weighted by Gasteiger charge is -2.15. The smallest absolute Gasteiger partial charge is 0.192 e. The molecule has 0 amide bonds. The number of hydrogen-bond acceptors (Lipinski definition) is 5. The number of aromatic nitrogens is 3. The van der Waals surface area contributed by atoms with Crippen LogP contribution in [-0.4, -0.2) is 32.9 Å². The van der Waals surface area contributed by atoms with Crippen molar-refractivity contribution in [1.29, 1.82) is 0 Å². The van der Waals surface area contributed by atoms with Gasteiger partial charge in [0.2, 0.25) is 0 Å². The molecule has 0 aliphatic carbocycles. The average Bonchev–Trinajstić information content (AvgIpc) is 3.11. The zero-order valence-electron chi connectivity index (χ0n) is 18.5. The Balaban J connectivity index is 1.88. The van der Waals surface area contributed by atoms with Gasteiger partial charge in [0.05, 0.1) is 12.4 Å². The summed E-state index contributed by atoms with van der Waals surface area (Å²) in [5.41, 5.74) is 4.03. The van der Waals surface area contributed by atoms with Crippen molar-refractivity contribution in [3.05, 3.63) is 59.2 Å². The molecule has 0 aliphatic rings. The molecule has 1 atom stereocenters. The van der Waals surface area contributed by atoms with Crippen LogP contribution in [0.1, 0.15) is 42.3 Å². The predicted octanol–water partition coefficient (Wildman–Crippen LogP) is 5.59. The number of Topliss-reactive ketones (excluding diaryl/α,β-unsaturated/α-hetero) is 1. The second-order valence-electron chi connectivity index (χ2n) is 7.96. The number of carbonyl (C=O) groups is 1. The minimum atomic E-state index is -0.258. The number of carbonyl (C=O) groups excluding carboxylic acids is 1. The maximum Gasteiger partial charge on any atom is 0.192 e. The molecule has 2 aromatic carbocycles. The molecule has 30 heavy (non-hydrogen) atoms.